The zero-order valence-electron chi connectivity index (χ0n) is 11.3. The largest absolute Gasteiger partial charge is 0.346 e. The van der Waals surface area contributed by atoms with Gasteiger partial charge in [-0.15, -0.1) is 0 Å². The third kappa shape index (κ3) is 4.11. The Balaban J connectivity index is 2.80. The predicted molar refractivity (Wildman–Crippen MR) is 70.0 cm³/mol. The first kappa shape index (κ1) is 15.7. The van der Waals surface area contributed by atoms with Crippen LogP contribution in [0.3, 0.4) is 0 Å². The summed E-state index contributed by atoms with van der Waals surface area (Å²) in [6.07, 6.45) is 0. The minimum absolute atomic E-state index is 0.0775. The standard InChI is InChI=1S/C13H15F2N3O2/c1-7(2)16-12(19)13(20)18-17-8(3)11-9(14)5-4-6-10(11)15/h4-7H,1-3H3,(H,16,19)(H,18,20)/b17-8-. The van der Waals surface area contributed by atoms with E-state index < -0.39 is 23.4 Å². The maximum atomic E-state index is 13.4. The molecule has 0 heterocycles. The number of rotatable bonds is 3. The van der Waals surface area contributed by atoms with Crippen molar-refractivity contribution in [3.63, 3.8) is 0 Å². The molecule has 1 aromatic carbocycles. The molecule has 0 aromatic heterocycles. The van der Waals surface area contributed by atoms with E-state index in [0.717, 1.165) is 12.1 Å². The van der Waals surface area contributed by atoms with Crippen LogP contribution in [-0.4, -0.2) is 23.6 Å². The van der Waals surface area contributed by atoms with Crippen molar-refractivity contribution in [1.29, 1.82) is 0 Å². The molecule has 0 radical (unpaired) electrons. The van der Waals surface area contributed by atoms with Crippen LogP contribution in [-0.2, 0) is 9.59 Å². The molecule has 0 aliphatic heterocycles. The van der Waals surface area contributed by atoms with E-state index >= 15 is 0 Å². The predicted octanol–water partition coefficient (Wildman–Crippen LogP) is 1.33. The first-order valence-corrected chi connectivity index (χ1v) is 5.92. The number of nitrogens with zero attached hydrogens (tertiary/aromatic N) is 1. The van der Waals surface area contributed by atoms with Gasteiger partial charge in [-0.1, -0.05) is 6.07 Å². The molecule has 0 saturated heterocycles. The van der Waals surface area contributed by atoms with Gasteiger partial charge in [0.25, 0.3) is 0 Å². The number of amides is 2. The van der Waals surface area contributed by atoms with Crippen LogP contribution in [0, 0.1) is 11.6 Å². The van der Waals surface area contributed by atoms with E-state index in [0.29, 0.717) is 0 Å². The van der Waals surface area contributed by atoms with E-state index in [-0.39, 0.29) is 17.3 Å². The van der Waals surface area contributed by atoms with Gasteiger partial charge in [0.1, 0.15) is 11.6 Å². The normalized spacial score (nSPS) is 11.4. The summed E-state index contributed by atoms with van der Waals surface area (Å²) >= 11 is 0. The summed E-state index contributed by atoms with van der Waals surface area (Å²) < 4.78 is 26.9. The fourth-order valence-corrected chi connectivity index (χ4v) is 1.41. The minimum atomic E-state index is -1.00. The number of hydrogen-bond acceptors (Lipinski definition) is 3. The highest BCUT2D eigenvalue weighted by Crippen LogP contribution is 2.12. The van der Waals surface area contributed by atoms with E-state index in [2.05, 4.69) is 10.4 Å². The monoisotopic (exact) mass is 283 g/mol. The van der Waals surface area contributed by atoms with Gasteiger partial charge in [0.15, 0.2) is 0 Å². The molecule has 7 heteroatoms. The van der Waals surface area contributed by atoms with Gasteiger partial charge in [0, 0.05) is 6.04 Å². The van der Waals surface area contributed by atoms with Crippen molar-refractivity contribution in [2.75, 3.05) is 0 Å². The summed E-state index contributed by atoms with van der Waals surface area (Å²) in [5.74, 6) is -3.47. The molecule has 0 unspecified atom stereocenters. The van der Waals surface area contributed by atoms with Crippen molar-refractivity contribution >= 4 is 17.5 Å². The quantitative estimate of drug-likeness (QED) is 0.499. The molecular formula is C13H15F2N3O2. The highest BCUT2D eigenvalue weighted by Gasteiger charge is 2.15. The van der Waals surface area contributed by atoms with Gasteiger partial charge in [-0.05, 0) is 32.9 Å². The van der Waals surface area contributed by atoms with E-state index in [4.69, 9.17) is 0 Å². The van der Waals surface area contributed by atoms with Crippen molar-refractivity contribution in [1.82, 2.24) is 10.7 Å². The molecule has 0 spiro atoms. The average molecular weight is 283 g/mol. The summed E-state index contributed by atoms with van der Waals surface area (Å²) in [6.45, 7) is 4.70. The van der Waals surface area contributed by atoms with Crippen LogP contribution in [0.15, 0.2) is 23.3 Å². The molecule has 20 heavy (non-hydrogen) atoms. The van der Waals surface area contributed by atoms with Crippen molar-refractivity contribution in [3.8, 4) is 0 Å². The maximum absolute atomic E-state index is 13.4. The van der Waals surface area contributed by atoms with Gasteiger partial charge < -0.3 is 5.32 Å². The first-order chi connectivity index (χ1) is 9.32. The highest BCUT2D eigenvalue weighted by atomic mass is 19.1. The van der Waals surface area contributed by atoms with Crippen LogP contribution in [0.4, 0.5) is 8.78 Å². The van der Waals surface area contributed by atoms with Crippen molar-refractivity contribution in [2.45, 2.75) is 26.8 Å². The number of hydrazone groups is 1. The van der Waals surface area contributed by atoms with Crippen molar-refractivity contribution < 1.29 is 18.4 Å². The van der Waals surface area contributed by atoms with Gasteiger partial charge in [-0.2, -0.15) is 5.10 Å². The lowest BCUT2D eigenvalue weighted by atomic mass is 10.1. The Morgan fingerprint density at radius 2 is 1.70 bits per heavy atom. The number of carbonyl (C=O) groups is 2. The second-order valence-corrected chi connectivity index (χ2v) is 4.36. The fourth-order valence-electron chi connectivity index (χ4n) is 1.41. The third-order valence-electron chi connectivity index (χ3n) is 2.28. The lowest BCUT2D eigenvalue weighted by Crippen LogP contribution is -2.41. The molecule has 0 aliphatic rings. The van der Waals surface area contributed by atoms with Crippen LogP contribution >= 0.6 is 0 Å². The summed E-state index contributed by atoms with van der Waals surface area (Å²) in [6, 6.07) is 3.16. The summed E-state index contributed by atoms with van der Waals surface area (Å²) in [7, 11) is 0. The molecule has 1 rings (SSSR count). The van der Waals surface area contributed by atoms with Crippen LogP contribution in [0.1, 0.15) is 26.3 Å². The zero-order valence-corrected chi connectivity index (χ0v) is 11.3. The van der Waals surface area contributed by atoms with Gasteiger partial charge in [-0.3, -0.25) is 9.59 Å². The first-order valence-electron chi connectivity index (χ1n) is 5.92. The molecule has 108 valence electrons. The maximum Gasteiger partial charge on any atom is 0.329 e. The van der Waals surface area contributed by atoms with Crippen molar-refractivity contribution in [3.05, 3.63) is 35.4 Å². The summed E-state index contributed by atoms with van der Waals surface area (Å²) in [5, 5.41) is 5.88. The molecule has 0 bridgehead atoms. The highest BCUT2D eigenvalue weighted by molar-refractivity contribution is 6.35. The number of benzene rings is 1. The van der Waals surface area contributed by atoms with E-state index in [9.17, 15) is 18.4 Å². The average Bonchev–Trinajstić information content (AvgIpc) is 2.34. The van der Waals surface area contributed by atoms with Crippen LogP contribution < -0.4 is 10.7 Å². The van der Waals surface area contributed by atoms with Crippen LogP contribution in [0.5, 0.6) is 0 Å². The molecule has 0 aliphatic carbocycles. The Morgan fingerprint density at radius 1 is 1.15 bits per heavy atom. The van der Waals surface area contributed by atoms with Crippen LogP contribution in [0.2, 0.25) is 0 Å². The Bertz CT molecular complexity index is 536. The molecule has 0 fully saturated rings. The number of carbonyl (C=O) groups excluding carboxylic acids is 2. The molecule has 1 aromatic rings. The van der Waals surface area contributed by atoms with Gasteiger partial charge >= 0.3 is 11.8 Å². The second-order valence-electron chi connectivity index (χ2n) is 4.36. The Hall–Kier alpha value is -2.31. The van der Waals surface area contributed by atoms with E-state index in [1.807, 2.05) is 5.43 Å². The Labute approximate surface area is 115 Å². The molecule has 2 N–H and O–H groups in total. The topological polar surface area (TPSA) is 70.6 Å². The number of hydrogen-bond donors (Lipinski definition) is 2. The Morgan fingerprint density at radius 3 is 2.20 bits per heavy atom. The Kier molecular flexibility index (Phi) is 5.31. The second kappa shape index (κ2) is 6.74. The number of nitrogens with one attached hydrogen (secondary N) is 2. The molecule has 5 nitrogen and oxygen atoms in total. The smallest absolute Gasteiger partial charge is 0.329 e. The van der Waals surface area contributed by atoms with Crippen LogP contribution in [0.25, 0.3) is 0 Å². The summed E-state index contributed by atoms with van der Waals surface area (Å²) in [4.78, 5) is 22.7. The third-order valence-corrected chi connectivity index (χ3v) is 2.28. The van der Waals surface area contributed by atoms with E-state index in [1.165, 1.54) is 13.0 Å². The van der Waals surface area contributed by atoms with Gasteiger partial charge in [0.05, 0.1) is 11.3 Å². The minimum Gasteiger partial charge on any atom is -0.346 e. The molecule has 0 saturated carbocycles. The lowest BCUT2D eigenvalue weighted by molar-refractivity contribution is -0.139. The number of halogens is 2. The van der Waals surface area contributed by atoms with Gasteiger partial charge in [0.2, 0.25) is 0 Å². The lowest BCUT2D eigenvalue weighted by Gasteiger charge is -2.07. The van der Waals surface area contributed by atoms with Gasteiger partial charge in [-0.25, -0.2) is 14.2 Å². The zero-order chi connectivity index (χ0) is 15.3. The molecule has 2 amide bonds. The molecular weight excluding hydrogens is 268 g/mol. The fraction of sp³-hybridized carbons (Fsp3) is 0.308. The SMILES string of the molecule is C/C(=N/NC(=O)C(=O)NC(C)C)c1c(F)cccc1F. The van der Waals surface area contributed by atoms with E-state index in [1.54, 1.807) is 13.8 Å². The summed E-state index contributed by atoms with van der Waals surface area (Å²) in [5.41, 5.74) is 1.52. The molecule has 0 atom stereocenters. The van der Waals surface area contributed by atoms with Crippen molar-refractivity contribution in [2.24, 2.45) is 5.10 Å².